The monoisotopic (exact) mass is 331 g/mol. The normalized spacial score (nSPS) is 20.0. The van der Waals surface area contributed by atoms with Crippen molar-refractivity contribution in [1.29, 1.82) is 0 Å². The summed E-state index contributed by atoms with van der Waals surface area (Å²) in [4.78, 5) is 12.4. The van der Waals surface area contributed by atoms with Crippen LogP contribution in [-0.4, -0.2) is 29.6 Å². The predicted octanol–water partition coefficient (Wildman–Crippen LogP) is 3.45. The Balaban J connectivity index is 1.94. The van der Waals surface area contributed by atoms with E-state index in [9.17, 15) is 4.79 Å². The van der Waals surface area contributed by atoms with Gasteiger partial charge in [0.1, 0.15) is 0 Å². The van der Waals surface area contributed by atoms with Crippen molar-refractivity contribution in [3.05, 3.63) is 28.8 Å². The number of carbonyl (C=O) groups is 1. The highest BCUT2D eigenvalue weighted by molar-refractivity contribution is 5.93. The van der Waals surface area contributed by atoms with Crippen LogP contribution in [-0.2, 0) is 4.79 Å². The Hall–Kier alpha value is -1.39. The maximum Gasteiger partial charge on any atom is 0.238 e. The SMILES string of the molecule is Cc1cc(C)c(NC(=O)CNC2CC(C)(C)NC(C)(C)C2)c(C)c1. The second-order valence-electron chi connectivity index (χ2n) is 8.70. The molecule has 24 heavy (non-hydrogen) atoms. The van der Waals surface area contributed by atoms with E-state index in [1.165, 1.54) is 5.56 Å². The molecule has 1 fully saturated rings. The molecule has 1 aliphatic rings. The van der Waals surface area contributed by atoms with Crippen LogP contribution in [0.3, 0.4) is 0 Å². The summed E-state index contributed by atoms with van der Waals surface area (Å²) < 4.78 is 0. The van der Waals surface area contributed by atoms with Gasteiger partial charge in [-0.05, 0) is 72.4 Å². The smallest absolute Gasteiger partial charge is 0.238 e. The van der Waals surface area contributed by atoms with Crippen molar-refractivity contribution < 1.29 is 4.79 Å². The molecule has 1 heterocycles. The molecule has 0 unspecified atom stereocenters. The van der Waals surface area contributed by atoms with Gasteiger partial charge in [0.25, 0.3) is 0 Å². The van der Waals surface area contributed by atoms with Gasteiger partial charge in [0.15, 0.2) is 0 Å². The van der Waals surface area contributed by atoms with E-state index in [1.54, 1.807) is 0 Å². The molecule has 1 aromatic rings. The molecule has 1 amide bonds. The van der Waals surface area contributed by atoms with Crippen molar-refractivity contribution in [3.8, 4) is 0 Å². The van der Waals surface area contributed by atoms with Crippen molar-refractivity contribution in [2.45, 2.75) is 78.4 Å². The number of rotatable bonds is 4. The van der Waals surface area contributed by atoms with E-state index < -0.39 is 0 Å². The third-order valence-corrected chi connectivity index (χ3v) is 4.68. The van der Waals surface area contributed by atoms with E-state index in [0.29, 0.717) is 12.6 Å². The Morgan fingerprint density at radius 2 is 1.58 bits per heavy atom. The first-order valence-corrected chi connectivity index (χ1v) is 8.88. The topological polar surface area (TPSA) is 53.2 Å². The number of hydrogen-bond acceptors (Lipinski definition) is 3. The molecule has 1 saturated heterocycles. The zero-order valence-electron chi connectivity index (χ0n) is 16.3. The molecule has 0 saturated carbocycles. The minimum Gasteiger partial charge on any atom is -0.324 e. The van der Waals surface area contributed by atoms with E-state index in [-0.39, 0.29) is 17.0 Å². The molecule has 1 aliphatic heterocycles. The van der Waals surface area contributed by atoms with Crippen LogP contribution in [0.1, 0.15) is 57.2 Å². The Morgan fingerprint density at radius 3 is 2.08 bits per heavy atom. The molecule has 0 bridgehead atoms. The molecule has 1 aromatic carbocycles. The molecule has 0 atom stereocenters. The van der Waals surface area contributed by atoms with Crippen LogP contribution in [0.25, 0.3) is 0 Å². The maximum atomic E-state index is 12.4. The van der Waals surface area contributed by atoms with E-state index in [1.807, 2.05) is 13.8 Å². The van der Waals surface area contributed by atoms with Gasteiger partial charge in [0, 0.05) is 22.8 Å². The molecule has 0 aromatic heterocycles. The average molecular weight is 332 g/mol. The van der Waals surface area contributed by atoms with E-state index in [0.717, 1.165) is 29.7 Å². The van der Waals surface area contributed by atoms with Gasteiger partial charge in [-0.2, -0.15) is 0 Å². The lowest BCUT2D eigenvalue weighted by Crippen LogP contribution is -2.62. The third kappa shape index (κ3) is 5.05. The van der Waals surface area contributed by atoms with Gasteiger partial charge in [-0.25, -0.2) is 0 Å². The van der Waals surface area contributed by atoms with Crippen LogP contribution in [0, 0.1) is 20.8 Å². The number of carbonyl (C=O) groups excluding carboxylic acids is 1. The largest absolute Gasteiger partial charge is 0.324 e. The number of piperidine rings is 1. The number of amides is 1. The van der Waals surface area contributed by atoms with Crippen LogP contribution in [0.2, 0.25) is 0 Å². The summed E-state index contributed by atoms with van der Waals surface area (Å²) in [6, 6.07) is 4.56. The summed E-state index contributed by atoms with van der Waals surface area (Å²) in [6.07, 6.45) is 2.04. The zero-order valence-corrected chi connectivity index (χ0v) is 16.3. The summed E-state index contributed by atoms with van der Waals surface area (Å²) in [5, 5.41) is 10.2. The van der Waals surface area contributed by atoms with Gasteiger partial charge in [0.05, 0.1) is 6.54 Å². The van der Waals surface area contributed by atoms with Crippen LogP contribution in [0.5, 0.6) is 0 Å². The minimum absolute atomic E-state index is 0.0270. The van der Waals surface area contributed by atoms with Gasteiger partial charge >= 0.3 is 0 Å². The number of nitrogens with one attached hydrogen (secondary N) is 3. The molecule has 134 valence electrons. The summed E-state index contributed by atoms with van der Waals surface area (Å²) in [5.41, 5.74) is 4.56. The fraction of sp³-hybridized carbons (Fsp3) is 0.650. The van der Waals surface area contributed by atoms with Crippen LogP contribution >= 0.6 is 0 Å². The lowest BCUT2D eigenvalue weighted by molar-refractivity contribution is -0.115. The lowest BCUT2D eigenvalue weighted by atomic mass is 9.79. The van der Waals surface area contributed by atoms with Crippen LogP contribution < -0.4 is 16.0 Å². The van der Waals surface area contributed by atoms with E-state index in [4.69, 9.17) is 0 Å². The summed E-state index contributed by atoms with van der Waals surface area (Å²) in [5.74, 6) is 0.0270. The Bertz CT molecular complexity index is 580. The number of anilines is 1. The molecule has 0 aliphatic carbocycles. The minimum atomic E-state index is 0.0270. The first-order chi connectivity index (χ1) is 11.0. The number of aryl methyl sites for hydroxylation is 3. The van der Waals surface area contributed by atoms with Gasteiger partial charge in [-0.1, -0.05) is 17.7 Å². The van der Waals surface area contributed by atoms with Crippen molar-refractivity contribution in [1.82, 2.24) is 10.6 Å². The standard InChI is InChI=1S/C20H33N3O/c1-13-8-14(2)18(15(3)9-13)22-17(24)12-21-16-10-19(4,5)23-20(6,7)11-16/h8-9,16,21,23H,10-12H2,1-7H3,(H,22,24). The Kier molecular flexibility index (Phi) is 5.41. The van der Waals surface area contributed by atoms with Crippen molar-refractivity contribution in [2.75, 3.05) is 11.9 Å². The van der Waals surface area contributed by atoms with E-state index >= 15 is 0 Å². The van der Waals surface area contributed by atoms with Crippen LogP contribution in [0.4, 0.5) is 5.69 Å². The fourth-order valence-corrected chi connectivity index (χ4v) is 4.26. The maximum absolute atomic E-state index is 12.4. The molecular weight excluding hydrogens is 298 g/mol. The van der Waals surface area contributed by atoms with Crippen molar-refractivity contribution in [3.63, 3.8) is 0 Å². The first kappa shape index (κ1) is 18.9. The molecule has 4 heteroatoms. The fourth-order valence-electron chi connectivity index (χ4n) is 4.26. The van der Waals surface area contributed by atoms with Crippen molar-refractivity contribution >= 4 is 11.6 Å². The molecule has 4 nitrogen and oxygen atoms in total. The quantitative estimate of drug-likeness (QED) is 0.792. The number of benzene rings is 1. The molecule has 2 rings (SSSR count). The molecular formula is C20H33N3O. The predicted molar refractivity (Wildman–Crippen MR) is 102 cm³/mol. The van der Waals surface area contributed by atoms with Gasteiger partial charge in [-0.3, -0.25) is 4.79 Å². The summed E-state index contributed by atoms with van der Waals surface area (Å²) >= 11 is 0. The van der Waals surface area contributed by atoms with Gasteiger partial charge < -0.3 is 16.0 Å². The third-order valence-electron chi connectivity index (χ3n) is 4.68. The summed E-state index contributed by atoms with van der Waals surface area (Å²) in [6.45, 7) is 15.4. The van der Waals surface area contributed by atoms with E-state index in [2.05, 4.69) is 62.7 Å². The lowest BCUT2D eigenvalue weighted by Gasteiger charge is -2.46. The van der Waals surface area contributed by atoms with Gasteiger partial charge in [-0.15, -0.1) is 0 Å². The van der Waals surface area contributed by atoms with Crippen LogP contribution in [0.15, 0.2) is 12.1 Å². The Morgan fingerprint density at radius 1 is 1.08 bits per heavy atom. The second-order valence-corrected chi connectivity index (χ2v) is 8.70. The zero-order chi connectivity index (χ0) is 18.1. The molecule has 3 N–H and O–H groups in total. The first-order valence-electron chi connectivity index (χ1n) is 8.88. The highest BCUT2D eigenvalue weighted by Gasteiger charge is 2.37. The van der Waals surface area contributed by atoms with Gasteiger partial charge in [0.2, 0.25) is 5.91 Å². The highest BCUT2D eigenvalue weighted by Crippen LogP contribution is 2.28. The second kappa shape index (κ2) is 6.85. The summed E-state index contributed by atoms with van der Waals surface area (Å²) in [7, 11) is 0. The molecule has 0 spiro atoms. The Labute approximate surface area is 146 Å². The highest BCUT2D eigenvalue weighted by atomic mass is 16.1. The molecule has 0 radical (unpaired) electrons. The van der Waals surface area contributed by atoms with Crippen molar-refractivity contribution in [2.24, 2.45) is 0 Å². The average Bonchev–Trinajstić information content (AvgIpc) is 2.37. The number of hydrogen-bond donors (Lipinski definition) is 3.